The molecule has 3 unspecified atom stereocenters. The zero-order chi connectivity index (χ0) is 21.6. The summed E-state index contributed by atoms with van der Waals surface area (Å²) in [5.41, 5.74) is 7.65. The van der Waals surface area contributed by atoms with Crippen molar-refractivity contribution in [2.75, 3.05) is 17.2 Å². The lowest BCUT2D eigenvalue weighted by atomic mass is 9.48. The van der Waals surface area contributed by atoms with Gasteiger partial charge in [-0.3, -0.25) is 0 Å². The summed E-state index contributed by atoms with van der Waals surface area (Å²) < 4.78 is 26.5. The number of hydrogen-bond acceptors (Lipinski definition) is 6. The number of nitrogens with one attached hydrogen (secondary N) is 2. The van der Waals surface area contributed by atoms with Gasteiger partial charge in [0, 0.05) is 19.1 Å². The van der Waals surface area contributed by atoms with Gasteiger partial charge >= 0.3 is 0 Å². The van der Waals surface area contributed by atoms with Crippen molar-refractivity contribution in [2.45, 2.75) is 44.7 Å². The van der Waals surface area contributed by atoms with Crippen molar-refractivity contribution >= 4 is 11.8 Å². The third-order valence-corrected chi connectivity index (χ3v) is 7.45. The first-order chi connectivity index (χ1) is 14.9. The minimum Gasteiger partial charge on any atom is -0.368 e. The molecule has 4 bridgehead atoms. The van der Waals surface area contributed by atoms with Crippen LogP contribution in [-0.4, -0.2) is 22.6 Å². The minimum atomic E-state index is -0.891. The van der Waals surface area contributed by atoms with E-state index in [4.69, 9.17) is 5.73 Å². The molecule has 0 radical (unpaired) electrons. The third kappa shape index (κ3) is 3.83. The summed E-state index contributed by atoms with van der Waals surface area (Å²) in [4.78, 5) is 8.66. The average molecular weight is 424 g/mol. The molecule has 4 N–H and O–H groups in total. The Morgan fingerprint density at radius 3 is 2.61 bits per heavy atom. The van der Waals surface area contributed by atoms with Crippen LogP contribution in [-0.2, 0) is 6.54 Å². The van der Waals surface area contributed by atoms with Gasteiger partial charge in [0.1, 0.15) is 17.5 Å². The minimum absolute atomic E-state index is 0.225. The molecule has 6 rings (SSSR count). The van der Waals surface area contributed by atoms with Crippen molar-refractivity contribution in [3.05, 3.63) is 47.2 Å². The maximum absolute atomic E-state index is 13.4. The van der Waals surface area contributed by atoms with Gasteiger partial charge in [-0.25, -0.2) is 13.8 Å². The smallest absolute Gasteiger partial charge is 0.224 e. The number of benzene rings is 1. The molecule has 4 saturated carbocycles. The molecule has 0 saturated heterocycles. The zero-order valence-corrected chi connectivity index (χ0v) is 17.2. The summed E-state index contributed by atoms with van der Waals surface area (Å²) in [7, 11) is 0. The Morgan fingerprint density at radius 2 is 1.90 bits per heavy atom. The second-order valence-corrected chi connectivity index (χ2v) is 9.57. The van der Waals surface area contributed by atoms with Gasteiger partial charge in [0.2, 0.25) is 5.95 Å². The van der Waals surface area contributed by atoms with Gasteiger partial charge in [-0.2, -0.15) is 10.2 Å². The molecule has 4 fully saturated rings. The molecule has 31 heavy (non-hydrogen) atoms. The van der Waals surface area contributed by atoms with Gasteiger partial charge in [0.25, 0.3) is 0 Å². The average Bonchev–Trinajstić information content (AvgIpc) is 2.76. The number of aromatic nitrogens is 2. The first-order valence-electron chi connectivity index (χ1n) is 10.9. The van der Waals surface area contributed by atoms with Crippen LogP contribution < -0.4 is 16.4 Å². The maximum atomic E-state index is 13.4. The quantitative estimate of drug-likeness (QED) is 0.652. The highest BCUT2D eigenvalue weighted by Crippen LogP contribution is 2.59. The molecule has 0 spiro atoms. The summed E-state index contributed by atoms with van der Waals surface area (Å²) in [5.74, 6) is 1.06. The lowest BCUT2D eigenvalue weighted by molar-refractivity contribution is -0.0591. The van der Waals surface area contributed by atoms with Crippen molar-refractivity contribution in [1.29, 1.82) is 5.26 Å². The SMILES string of the molecule is N#Cc1cnc(NCc2ccc(F)c(F)c2)nc1NCC12CC3C[C@H](C1)C(N)[C@@H](C3)C2. The van der Waals surface area contributed by atoms with Crippen LogP contribution in [0.25, 0.3) is 0 Å². The van der Waals surface area contributed by atoms with Crippen molar-refractivity contribution in [3.8, 4) is 6.07 Å². The fourth-order valence-corrected chi connectivity index (χ4v) is 6.23. The normalized spacial score (nSPS) is 30.8. The van der Waals surface area contributed by atoms with Gasteiger partial charge in [-0.05, 0) is 73.0 Å². The Morgan fingerprint density at radius 1 is 1.13 bits per heavy atom. The highest BCUT2D eigenvalue weighted by atomic mass is 19.2. The number of nitrogens with zero attached hydrogens (tertiary/aromatic N) is 3. The fraction of sp³-hybridized carbons (Fsp3) is 0.522. The number of hydrogen-bond donors (Lipinski definition) is 3. The molecule has 0 amide bonds. The zero-order valence-electron chi connectivity index (χ0n) is 17.2. The van der Waals surface area contributed by atoms with Crippen molar-refractivity contribution in [3.63, 3.8) is 0 Å². The molecular formula is C23H26F2N6. The van der Waals surface area contributed by atoms with E-state index in [1.165, 1.54) is 31.5 Å². The molecule has 1 aromatic carbocycles. The summed E-state index contributed by atoms with van der Waals surface area (Å²) >= 11 is 0. The fourth-order valence-electron chi connectivity index (χ4n) is 6.23. The van der Waals surface area contributed by atoms with Gasteiger partial charge in [-0.15, -0.1) is 0 Å². The molecular weight excluding hydrogens is 398 g/mol. The van der Waals surface area contributed by atoms with E-state index in [2.05, 4.69) is 26.7 Å². The topological polar surface area (TPSA) is 99.6 Å². The van der Waals surface area contributed by atoms with Gasteiger partial charge in [0.15, 0.2) is 11.6 Å². The van der Waals surface area contributed by atoms with Crippen LogP contribution in [0.2, 0.25) is 0 Å². The molecule has 1 aromatic heterocycles. The molecule has 2 aromatic rings. The number of anilines is 2. The lowest BCUT2D eigenvalue weighted by Crippen LogP contribution is -2.58. The molecule has 162 valence electrons. The van der Waals surface area contributed by atoms with Gasteiger partial charge in [-0.1, -0.05) is 6.07 Å². The molecule has 6 nitrogen and oxygen atoms in total. The molecule has 4 aliphatic carbocycles. The molecule has 0 aliphatic heterocycles. The van der Waals surface area contributed by atoms with E-state index in [9.17, 15) is 14.0 Å². The predicted molar refractivity (Wildman–Crippen MR) is 113 cm³/mol. The Balaban J connectivity index is 1.28. The summed E-state index contributed by atoms with van der Waals surface area (Å²) in [6, 6.07) is 6.23. The second-order valence-electron chi connectivity index (χ2n) is 9.57. The standard InChI is InChI=1S/C23H26F2N6/c24-18-2-1-13(5-19(18)25)10-28-22-29-11-17(9-26)21(31-22)30-12-23-6-14-3-15(7-23)20(27)16(4-14)8-23/h1-2,5,11,14-16,20H,3-4,6-8,10,12,27H2,(H2,28,29,30,31)/t14?,15-,16+,20?,23?. The number of halogens is 2. The van der Waals surface area contributed by atoms with Gasteiger partial charge < -0.3 is 16.4 Å². The van der Waals surface area contributed by atoms with Crippen molar-refractivity contribution < 1.29 is 8.78 Å². The summed E-state index contributed by atoms with van der Waals surface area (Å²) in [6.07, 6.45) is 7.50. The summed E-state index contributed by atoms with van der Waals surface area (Å²) in [6.45, 7) is 1.02. The highest BCUT2D eigenvalue weighted by molar-refractivity contribution is 5.53. The van der Waals surface area contributed by atoms with E-state index < -0.39 is 11.6 Å². The second kappa shape index (κ2) is 7.72. The first-order valence-corrected chi connectivity index (χ1v) is 10.9. The Kier molecular flexibility index (Phi) is 5.01. The molecule has 4 aliphatic rings. The van der Waals surface area contributed by atoms with E-state index in [1.54, 1.807) is 0 Å². The van der Waals surface area contributed by atoms with Crippen molar-refractivity contribution in [1.82, 2.24) is 9.97 Å². The maximum Gasteiger partial charge on any atom is 0.224 e. The molecule has 8 heteroatoms. The Labute approximate surface area is 180 Å². The number of nitriles is 1. The van der Waals surface area contributed by atoms with E-state index in [0.29, 0.717) is 40.8 Å². The van der Waals surface area contributed by atoms with E-state index in [-0.39, 0.29) is 12.0 Å². The number of rotatable bonds is 6. The largest absolute Gasteiger partial charge is 0.368 e. The monoisotopic (exact) mass is 424 g/mol. The van der Waals surface area contributed by atoms with Crippen LogP contribution in [0.3, 0.4) is 0 Å². The lowest BCUT2D eigenvalue weighted by Gasteiger charge is -2.59. The van der Waals surface area contributed by atoms with Crippen LogP contribution >= 0.6 is 0 Å². The van der Waals surface area contributed by atoms with Crippen LogP contribution in [0.15, 0.2) is 24.4 Å². The van der Waals surface area contributed by atoms with Crippen LogP contribution in [0, 0.1) is 46.1 Å². The highest BCUT2D eigenvalue weighted by Gasteiger charge is 2.54. The van der Waals surface area contributed by atoms with Gasteiger partial charge in [0.05, 0.1) is 6.20 Å². The van der Waals surface area contributed by atoms with Crippen molar-refractivity contribution in [2.24, 2.45) is 28.9 Å². The molecule has 5 atom stereocenters. The third-order valence-electron chi connectivity index (χ3n) is 7.45. The number of nitrogens with two attached hydrogens (primary N) is 1. The Bertz CT molecular complexity index is 1020. The van der Waals surface area contributed by atoms with Crippen LogP contribution in [0.5, 0.6) is 0 Å². The predicted octanol–water partition coefficient (Wildman–Crippen LogP) is 3.80. The van der Waals surface area contributed by atoms with Crippen LogP contribution in [0.4, 0.5) is 20.5 Å². The molecule has 1 heterocycles. The van der Waals surface area contributed by atoms with Crippen LogP contribution in [0.1, 0.15) is 43.2 Å². The van der Waals surface area contributed by atoms with E-state index >= 15 is 0 Å². The summed E-state index contributed by atoms with van der Waals surface area (Å²) in [5, 5.41) is 15.9. The van der Waals surface area contributed by atoms with E-state index in [0.717, 1.165) is 37.4 Å². The van der Waals surface area contributed by atoms with E-state index in [1.807, 2.05) is 0 Å². The Hall–Kier alpha value is -2.79. The first kappa shape index (κ1) is 20.1.